The zero-order chi connectivity index (χ0) is 20.3. The largest absolute Gasteiger partial charge is 0.463 e. The third-order valence-corrected chi connectivity index (χ3v) is 4.50. The van der Waals surface area contributed by atoms with Crippen LogP contribution in [0.3, 0.4) is 0 Å². The zero-order valence-corrected chi connectivity index (χ0v) is 16.4. The lowest BCUT2D eigenvalue weighted by molar-refractivity contribution is 0.0437. The Balaban J connectivity index is 1.70. The van der Waals surface area contributed by atoms with Gasteiger partial charge in [0, 0.05) is 0 Å². The molecule has 3 aromatic rings. The molecule has 0 saturated carbocycles. The Hall–Kier alpha value is -3.06. The van der Waals surface area contributed by atoms with Gasteiger partial charge in [0.05, 0.1) is 19.3 Å². The van der Waals surface area contributed by atoms with Crippen LogP contribution in [0.25, 0.3) is 0 Å². The van der Waals surface area contributed by atoms with E-state index in [2.05, 4.69) is 9.84 Å². The number of aryl methyl sites for hydroxylation is 2. The maximum atomic E-state index is 12.5. The van der Waals surface area contributed by atoms with E-state index < -0.39 is 11.9 Å². The van der Waals surface area contributed by atoms with E-state index in [1.165, 1.54) is 19.2 Å². The molecule has 0 radical (unpaired) electrons. The lowest BCUT2D eigenvalue weighted by Crippen LogP contribution is -2.07. The van der Waals surface area contributed by atoms with Gasteiger partial charge in [-0.05, 0) is 31.5 Å². The standard InChI is InChI=1S/C20H19ClN2O5/c1-12-4-6-14(7-5-12)10-23-18(21)17(13(2)22-23)20(25)27-11-15-8-9-16(28-15)19(24)26-3/h4-9H,10-11H2,1-3H3. The summed E-state index contributed by atoms with van der Waals surface area (Å²) in [6.07, 6.45) is 0. The summed E-state index contributed by atoms with van der Waals surface area (Å²) in [6, 6.07) is 11.0. The van der Waals surface area contributed by atoms with Gasteiger partial charge >= 0.3 is 11.9 Å². The van der Waals surface area contributed by atoms with Gasteiger partial charge in [0.1, 0.15) is 23.1 Å². The minimum atomic E-state index is -0.617. The summed E-state index contributed by atoms with van der Waals surface area (Å²) in [5.74, 6) is -0.870. The number of methoxy groups -OCH3 is 1. The second-order valence-corrected chi connectivity index (χ2v) is 6.59. The number of rotatable bonds is 6. The van der Waals surface area contributed by atoms with Crippen molar-refractivity contribution < 1.29 is 23.5 Å². The molecular formula is C20H19ClN2O5. The topological polar surface area (TPSA) is 83.6 Å². The quantitative estimate of drug-likeness (QED) is 0.581. The van der Waals surface area contributed by atoms with E-state index in [0.717, 1.165) is 11.1 Å². The van der Waals surface area contributed by atoms with Crippen molar-refractivity contribution in [2.24, 2.45) is 0 Å². The van der Waals surface area contributed by atoms with E-state index in [4.69, 9.17) is 20.8 Å². The van der Waals surface area contributed by atoms with Gasteiger partial charge in [-0.15, -0.1) is 0 Å². The van der Waals surface area contributed by atoms with Crippen LogP contribution in [-0.4, -0.2) is 28.8 Å². The zero-order valence-electron chi connectivity index (χ0n) is 15.7. The SMILES string of the molecule is COC(=O)c1ccc(COC(=O)c2c(C)nn(Cc3ccc(C)cc3)c2Cl)o1. The molecule has 0 unspecified atom stereocenters. The first kappa shape index (κ1) is 19.7. The molecule has 8 heteroatoms. The number of furan rings is 1. The molecule has 0 aliphatic carbocycles. The highest BCUT2D eigenvalue weighted by molar-refractivity contribution is 6.32. The molecule has 0 aliphatic rings. The molecule has 1 aromatic carbocycles. The molecule has 2 aromatic heterocycles. The van der Waals surface area contributed by atoms with Gasteiger partial charge in [-0.25, -0.2) is 14.3 Å². The maximum absolute atomic E-state index is 12.5. The number of hydrogen-bond acceptors (Lipinski definition) is 6. The molecule has 0 spiro atoms. The second-order valence-electron chi connectivity index (χ2n) is 6.23. The van der Waals surface area contributed by atoms with Crippen molar-refractivity contribution in [2.45, 2.75) is 27.0 Å². The van der Waals surface area contributed by atoms with Crippen molar-refractivity contribution >= 4 is 23.5 Å². The highest BCUT2D eigenvalue weighted by Crippen LogP contribution is 2.23. The first-order valence-electron chi connectivity index (χ1n) is 8.51. The fourth-order valence-corrected chi connectivity index (χ4v) is 2.94. The van der Waals surface area contributed by atoms with Crippen LogP contribution in [0.1, 0.15) is 43.5 Å². The third-order valence-electron chi connectivity index (χ3n) is 4.12. The summed E-state index contributed by atoms with van der Waals surface area (Å²) in [6.45, 7) is 4.00. The number of halogens is 1. The van der Waals surface area contributed by atoms with Crippen LogP contribution in [0.15, 0.2) is 40.8 Å². The Morgan fingerprint density at radius 3 is 2.50 bits per heavy atom. The van der Waals surface area contributed by atoms with Gasteiger partial charge in [0.2, 0.25) is 5.76 Å². The first-order chi connectivity index (χ1) is 13.4. The van der Waals surface area contributed by atoms with Crippen molar-refractivity contribution in [2.75, 3.05) is 7.11 Å². The molecule has 3 rings (SSSR count). The second kappa shape index (κ2) is 8.31. The number of hydrogen-bond donors (Lipinski definition) is 0. The van der Waals surface area contributed by atoms with Crippen LogP contribution in [0, 0.1) is 13.8 Å². The predicted octanol–water partition coefficient (Wildman–Crippen LogP) is 3.94. The molecule has 28 heavy (non-hydrogen) atoms. The smallest absolute Gasteiger partial charge is 0.373 e. The monoisotopic (exact) mass is 402 g/mol. The summed E-state index contributed by atoms with van der Waals surface area (Å²) in [4.78, 5) is 23.9. The van der Waals surface area contributed by atoms with E-state index in [1.807, 2.05) is 31.2 Å². The van der Waals surface area contributed by atoms with Crippen molar-refractivity contribution in [3.05, 3.63) is 75.5 Å². The number of esters is 2. The molecule has 146 valence electrons. The molecule has 0 bridgehead atoms. The average Bonchev–Trinajstić information content (AvgIpc) is 3.26. The highest BCUT2D eigenvalue weighted by atomic mass is 35.5. The Morgan fingerprint density at radius 1 is 1.11 bits per heavy atom. The Labute approximate surface area is 166 Å². The van der Waals surface area contributed by atoms with Crippen LogP contribution in [0.2, 0.25) is 5.15 Å². The van der Waals surface area contributed by atoms with Gasteiger partial charge in [-0.3, -0.25) is 0 Å². The van der Waals surface area contributed by atoms with Gasteiger partial charge in [-0.1, -0.05) is 41.4 Å². The number of aromatic nitrogens is 2. The fourth-order valence-electron chi connectivity index (χ4n) is 2.63. The van der Waals surface area contributed by atoms with E-state index in [-0.39, 0.29) is 23.1 Å². The fraction of sp³-hybridized carbons (Fsp3) is 0.250. The summed E-state index contributed by atoms with van der Waals surface area (Å²) in [5.41, 5.74) is 2.84. The van der Waals surface area contributed by atoms with E-state index in [0.29, 0.717) is 18.0 Å². The molecule has 7 nitrogen and oxygen atoms in total. The van der Waals surface area contributed by atoms with Gasteiger partial charge in [-0.2, -0.15) is 5.10 Å². The van der Waals surface area contributed by atoms with Crippen LogP contribution < -0.4 is 0 Å². The number of nitrogens with zero attached hydrogens (tertiary/aromatic N) is 2. The van der Waals surface area contributed by atoms with E-state index in [1.54, 1.807) is 11.6 Å². The van der Waals surface area contributed by atoms with Gasteiger partial charge < -0.3 is 13.9 Å². The molecule has 0 fully saturated rings. The van der Waals surface area contributed by atoms with Crippen LogP contribution in [-0.2, 0) is 22.6 Å². The number of carbonyl (C=O) groups is 2. The van der Waals surface area contributed by atoms with Crippen molar-refractivity contribution in [1.29, 1.82) is 0 Å². The van der Waals surface area contributed by atoms with Crippen molar-refractivity contribution in [3.8, 4) is 0 Å². The maximum Gasteiger partial charge on any atom is 0.373 e. The average molecular weight is 403 g/mol. The van der Waals surface area contributed by atoms with Crippen LogP contribution >= 0.6 is 11.6 Å². The van der Waals surface area contributed by atoms with Crippen LogP contribution in [0.4, 0.5) is 0 Å². The molecule has 0 amide bonds. The van der Waals surface area contributed by atoms with Gasteiger partial charge in [0.15, 0.2) is 0 Å². The third kappa shape index (κ3) is 4.26. The molecule has 0 N–H and O–H groups in total. The number of ether oxygens (including phenoxy) is 2. The number of carbonyl (C=O) groups excluding carboxylic acids is 2. The predicted molar refractivity (Wildman–Crippen MR) is 101 cm³/mol. The summed E-state index contributed by atoms with van der Waals surface area (Å²) in [7, 11) is 1.25. The number of benzene rings is 1. The Bertz CT molecular complexity index is 1000. The highest BCUT2D eigenvalue weighted by Gasteiger charge is 2.22. The summed E-state index contributed by atoms with van der Waals surface area (Å²) >= 11 is 6.37. The molecule has 0 saturated heterocycles. The molecular weight excluding hydrogens is 384 g/mol. The Kier molecular flexibility index (Phi) is 5.84. The first-order valence-corrected chi connectivity index (χ1v) is 8.89. The lowest BCUT2D eigenvalue weighted by atomic mass is 10.1. The van der Waals surface area contributed by atoms with Crippen molar-refractivity contribution in [1.82, 2.24) is 9.78 Å². The normalized spacial score (nSPS) is 10.7. The van der Waals surface area contributed by atoms with E-state index in [9.17, 15) is 9.59 Å². The summed E-state index contributed by atoms with van der Waals surface area (Å²) < 4.78 is 16.7. The van der Waals surface area contributed by atoms with E-state index >= 15 is 0 Å². The Morgan fingerprint density at radius 2 is 1.82 bits per heavy atom. The summed E-state index contributed by atoms with van der Waals surface area (Å²) in [5, 5.41) is 4.55. The minimum absolute atomic E-state index is 0.0358. The molecule has 0 atom stereocenters. The molecule has 2 heterocycles. The van der Waals surface area contributed by atoms with Crippen molar-refractivity contribution in [3.63, 3.8) is 0 Å². The molecule has 0 aliphatic heterocycles. The lowest BCUT2D eigenvalue weighted by Gasteiger charge is -2.05. The van der Waals surface area contributed by atoms with Crippen LogP contribution in [0.5, 0.6) is 0 Å². The minimum Gasteiger partial charge on any atom is -0.463 e. The van der Waals surface area contributed by atoms with Gasteiger partial charge in [0.25, 0.3) is 0 Å².